The van der Waals surface area contributed by atoms with Crippen LogP contribution in [0.1, 0.15) is 23.6 Å². The van der Waals surface area contributed by atoms with Gasteiger partial charge >= 0.3 is 0 Å². The van der Waals surface area contributed by atoms with Crippen molar-refractivity contribution in [2.75, 3.05) is 13.2 Å². The van der Waals surface area contributed by atoms with Gasteiger partial charge < -0.3 is 15.0 Å². The number of hydrogen-bond donors (Lipinski definition) is 1. The van der Waals surface area contributed by atoms with E-state index in [-0.39, 0.29) is 0 Å². The van der Waals surface area contributed by atoms with Crippen LogP contribution in [0.3, 0.4) is 0 Å². The number of hydrogen-bond acceptors (Lipinski definition) is 2. The molecule has 1 atom stereocenters. The number of ether oxygens (including phenoxy) is 1. The molecule has 3 heteroatoms. The van der Waals surface area contributed by atoms with Crippen LogP contribution < -0.4 is 10.5 Å². The van der Waals surface area contributed by atoms with Gasteiger partial charge in [0.15, 0.2) is 0 Å². The maximum Gasteiger partial charge on any atom is 0.122 e. The molecule has 1 aliphatic heterocycles. The summed E-state index contributed by atoms with van der Waals surface area (Å²) in [7, 11) is 0. The highest BCUT2D eigenvalue weighted by molar-refractivity contribution is 5.37. The second-order valence-electron chi connectivity index (χ2n) is 5.06. The summed E-state index contributed by atoms with van der Waals surface area (Å²) < 4.78 is 8.05. The first-order valence-electron chi connectivity index (χ1n) is 6.94. The van der Waals surface area contributed by atoms with Crippen LogP contribution in [-0.4, -0.2) is 17.7 Å². The first kappa shape index (κ1) is 12.3. The van der Waals surface area contributed by atoms with E-state index < -0.39 is 0 Å². The fourth-order valence-electron chi connectivity index (χ4n) is 2.85. The van der Waals surface area contributed by atoms with Crippen molar-refractivity contribution in [2.45, 2.75) is 25.3 Å². The summed E-state index contributed by atoms with van der Waals surface area (Å²) in [5, 5.41) is 0. The third-order valence-electron chi connectivity index (χ3n) is 3.82. The van der Waals surface area contributed by atoms with E-state index >= 15 is 0 Å². The lowest BCUT2D eigenvalue weighted by Crippen LogP contribution is -2.19. The Bertz CT molecular complexity index is 547. The SMILES string of the molecule is NCCc1cccn1CC1CCOc2ccccc21. The van der Waals surface area contributed by atoms with Crippen molar-refractivity contribution in [2.24, 2.45) is 5.73 Å². The molecule has 0 spiro atoms. The van der Waals surface area contributed by atoms with Crippen molar-refractivity contribution in [1.82, 2.24) is 4.57 Å². The highest BCUT2D eigenvalue weighted by atomic mass is 16.5. The number of aromatic nitrogens is 1. The van der Waals surface area contributed by atoms with Crippen molar-refractivity contribution in [3.63, 3.8) is 0 Å². The van der Waals surface area contributed by atoms with E-state index in [2.05, 4.69) is 41.1 Å². The molecule has 0 amide bonds. The van der Waals surface area contributed by atoms with Gasteiger partial charge in [0.25, 0.3) is 0 Å². The van der Waals surface area contributed by atoms with Crippen LogP contribution in [0.25, 0.3) is 0 Å². The number of fused-ring (bicyclic) bond motifs is 1. The monoisotopic (exact) mass is 256 g/mol. The molecule has 0 saturated carbocycles. The van der Waals surface area contributed by atoms with E-state index in [1.807, 2.05) is 6.07 Å². The predicted molar refractivity (Wildman–Crippen MR) is 76.5 cm³/mol. The molecule has 2 N–H and O–H groups in total. The smallest absolute Gasteiger partial charge is 0.122 e. The molecule has 0 aliphatic carbocycles. The van der Waals surface area contributed by atoms with Crippen LogP contribution in [0.4, 0.5) is 0 Å². The third-order valence-corrected chi connectivity index (χ3v) is 3.82. The van der Waals surface area contributed by atoms with E-state index in [4.69, 9.17) is 10.5 Å². The second kappa shape index (κ2) is 5.49. The highest BCUT2D eigenvalue weighted by Crippen LogP contribution is 2.34. The molecule has 1 aromatic heterocycles. The zero-order chi connectivity index (χ0) is 13.1. The van der Waals surface area contributed by atoms with Gasteiger partial charge in [0.2, 0.25) is 0 Å². The molecule has 1 unspecified atom stereocenters. The Hall–Kier alpha value is -1.74. The fraction of sp³-hybridized carbons (Fsp3) is 0.375. The highest BCUT2D eigenvalue weighted by Gasteiger charge is 2.21. The largest absolute Gasteiger partial charge is 0.493 e. The van der Waals surface area contributed by atoms with E-state index in [0.29, 0.717) is 12.5 Å². The summed E-state index contributed by atoms with van der Waals surface area (Å²) in [6.07, 6.45) is 4.18. The molecule has 0 saturated heterocycles. The Morgan fingerprint density at radius 1 is 1.21 bits per heavy atom. The normalized spacial score (nSPS) is 17.8. The number of nitrogens with two attached hydrogens (primary N) is 1. The summed E-state index contributed by atoms with van der Waals surface area (Å²) in [6, 6.07) is 12.7. The number of para-hydroxylation sites is 1. The van der Waals surface area contributed by atoms with Gasteiger partial charge in [-0.15, -0.1) is 0 Å². The van der Waals surface area contributed by atoms with Crippen molar-refractivity contribution >= 4 is 0 Å². The van der Waals surface area contributed by atoms with Gasteiger partial charge in [-0.25, -0.2) is 0 Å². The van der Waals surface area contributed by atoms with Gasteiger partial charge in [-0.1, -0.05) is 18.2 Å². The lowest BCUT2D eigenvalue weighted by molar-refractivity contribution is 0.258. The minimum atomic E-state index is 0.536. The maximum absolute atomic E-state index is 5.72. The van der Waals surface area contributed by atoms with Gasteiger partial charge in [0.05, 0.1) is 6.61 Å². The van der Waals surface area contributed by atoms with Gasteiger partial charge in [-0.2, -0.15) is 0 Å². The average Bonchev–Trinajstić information content (AvgIpc) is 2.87. The predicted octanol–water partition coefficient (Wildman–Crippen LogP) is 2.56. The fourth-order valence-corrected chi connectivity index (χ4v) is 2.85. The summed E-state index contributed by atoms with van der Waals surface area (Å²) in [6.45, 7) is 2.53. The number of benzene rings is 1. The quantitative estimate of drug-likeness (QED) is 0.913. The molecular formula is C16H20N2O. The summed E-state index contributed by atoms with van der Waals surface area (Å²) in [5.41, 5.74) is 8.32. The van der Waals surface area contributed by atoms with Gasteiger partial charge in [-0.05, 0) is 43.1 Å². The molecule has 0 radical (unpaired) electrons. The van der Waals surface area contributed by atoms with Gasteiger partial charge in [-0.3, -0.25) is 0 Å². The molecule has 100 valence electrons. The van der Waals surface area contributed by atoms with E-state index in [9.17, 15) is 0 Å². The lowest BCUT2D eigenvalue weighted by atomic mass is 9.93. The third kappa shape index (κ3) is 2.51. The topological polar surface area (TPSA) is 40.2 Å². The van der Waals surface area contributed by atoms with Crippen molar-refractivity contribution in [3.05, 3.63) is 53.9 Å². The Morgan fingerprint density at radius 2 is 2.11 bits per heavy atom. The second-order valence-corrected chi connectivity index (χ2v) is 5.06. The van der Waals surface area contributed by atoms with Gasteiger partial charge in [0, 0.05) is 24.4 Å². The minimum Gasteiger partial charge on any atom is -0.493 e. The first-order chi connectivity index (χ1) is 9.38. The molecule has 0 bridgehead atoms. The van der Waals surface area contributed by atoms with Crippen LogP contribution in [0.2, 0.25) is 0 Å². The molecule has 3 nitrogen and oxygen atoms in total. The molecule has 1 aliphatic rings. The Morgan fingerprint density at radius 3 is 3.00 bits per heavy atom. The molecule has 0 fully saturated rings. The first-order valence-corrected chi connectivity index (χ1v) is 6.94. The van der Waals surface area contributed by atoms with E-state index in [1.165, 1.54) is 11.3 Å². The van der Waals surface area contributed by atoms with E-state index in [0.717, 1.165) is 31.7 Å². The minimum absolute atomic E-state index is 0.536. The zero-order valence-corrected chi connectivity index (χ0v) is 11.1. The summed E-state index contributed by atoms with van der Waals surface area (Å²) in [4.78, 5) is 0. The van der Waals surface area contributed by atoms with Crippen molar-refractivity contribution < 1.29 is 4.74 Å². The van der Waals surface area contributed by atoms with Crippen LogP contribution in [-0.2, 0) is 13.0 Å². The number of rotatable bonds is 4. The molecule has 3 rings (SSSR count). The van der Waals surface area contributed by atoms with Gasteiger partial charge in [0.1, 0.15) is 5.75 Å². The Kier molecular flexibility index (Phi) is 3.56. The molecule has 2 aromatic rings. The molecule has 2 heterocycles. The Balaban J connectivity index is 1.82. The van der Waals surface area contributed by atoms with Crippen molar-refractivity contribution in [3.8, 4) is 5.75 Å². The molecule has 19 heavy (non-hydrogen) atoms. The average molecular weight is 256 g/mol. The standard InChI is InChI=1S/C16H20N2O/c17-9-7-14-4-3-10-18(14)12-13-8-11-19-16-6-2-1-5-15(13)16/h1-6,10,13H,7-9,11-12,17H2. The van der Waals surface area contributed by atoms with Crippen LogP contribution in [0, 0.1) is 0 Å². The van der Waals surface area contributed by atoms with E-state index in [1.54, 1.807) is 0 Å². The van der Waals surface area contributed by atoms with Crippen LogP contribution in [0.5, 0.6) is 5.75 Å². The zero-order valence-electron chi connectivity index (χ0n) is 11.1. The summed E-state index contributed by atoms with van der Waals surface area (Å²) in [5.74, 6) is 1.58. The molecule has 1 aromatic carbocycles. The lowest BCUT2D eigenvalue weighted by Gasteiger charge is -2.27. The maximum atomic E-state index is 5.72. The van der Waals surface area contributed by atoms with Crippen LogP contribution in [0.15, 0.2) is 42.6 Å². The van der Waals surface area contributed by atoms with Crippen LogP contribution >= 0.6 is 0 Å². The molecular weight excluding hydrogens is 236 g/mol. The Labute approximate surface area is 114 Å². The number of nitrogens with zero attached hydrogens (tertiary/aromatic N) is 1. The van der Waals surface area contributed by atoms with Crippen molar-refractivity contribution in [1.29, 1.82) is 0 Å². The summed E-state index contributed by atoms with van der Waals surface area (Å²) >= 11 is 0.